The number of carbonyl (C=O) groups excluding carboxylic acids is 2. The number of fused-ring (bicyclic) bond motifs is 1. The van der Waals surface area contributed by atoms with Crippen LogP contribution >= 0.6 is 0 Å². The molecular weight excluding hydrogens is 398 g/mol. The molecule has 0 unspecified atom stereocenters. The van der Waals surface area contributed by atoms with Gasteiger partial charge in [-0.1, -0.05) is 24.3 Å². The zero-order valence-corrected chi connectivity index (χ0v) is 17.9. The van der Waals surface area contributed by atoms with E-state index in [-0.39, 0.29) is 24.9 Å². The Morgan fingerprint density at radius 2 is 1.71 bits per heavy atom. The maximum absolute atomic E-state index is 13.0. The first-order chi connectivity index (χ1) is 14.8. The van der Waals surface area contributed by atoms with Gasteiger partial charge in [0.1, 0.15) is 6.54 Å². The number of carboxylic acids is 1. The van der Waals surface area contributed by atoms with Crippen molar-refractivity contribution in [2.24, 2.45) is 0 Å². The average molecular weight is 425 g/mol. The smallest absolute Gasteiger partial charge is 0.323 e. The van der Waals surface area contributed by atoms with E-state index in [0.29, 0.717) is 29.9 Å². The van der Waals surface area contributed by atoms with Crippen LogP contribution in [0.4, 0.5) is 5.69 Å². The van der Waals surface area contributed by atoms with Crippen LogP contribution in [0.1, 0.15) is 27.0 Å². The van der Waals surface area contributed by atoms with E-state index in [4.69, 9.17) is 0 Å². The Labute approximate surface area is 181 Å². The molecule has 2 aromatic carbocycles. The van der Waals surface area contributed by atoms with E-state index in [1.807, 2.05) is 29.3 Å². The summed E-state index contributed by atoms with van der Waals surface area (Å²) in [5, 5.41) is 12.9. The zero-order chi connectivity index (χ0) is 22.5. The van der Waals surface area contributed by atoms with Crippen LogP contribution < -0.4 is 15.8 Å². The summed E-state index contributed by atoms with van der Waals surface area (Å²) in [7, 11) is 3.29. The van der Waals surface area contributed by atoms with Crippen LogP contribution in [-0.2, 0) is 22.7 Å². The monoisotopic (exact) mass is 425 g/mol. The summed E-state index contributed by atoms with van der Waals surface area (Å²) < 4.78 is 0. The molecule has 0 aliphatic carbocycles. The Morgan fingerprint density at radius 3 is 2.26 bits per heavy atom. The highest BCUT2D eigenvalue weighted by molar-refractivity contribution is 5.95. The van der Waals surface area contributed by atoms with Crippen LogP contribution in [0.2, 0.25) is 0 Å². The summed E-state index contributed by atoms with van der Waals surface area (Å²) in [6.07, 6.45) is 0. The SMILES string of the molecule is CNNC(=O)c1ccc(N(CC(=O)O)CC(=O)N(C)N2Cc3ccccc3C2)c(C)c1. The van der Waals surface area contributed by atoms with Crippen molar-refractivity contribution in [3.8, 4) is 0 Å². The van der Waals surface area contributed by atoms with Gasteiger partial charge in [0.2, 0.25) is 0 Å². The van der Waals surface area contributed by atoms with Crippen molar-refractivity contribution < 1.29 is 19.5 Å². The highest BCUT2D eigenvalue weighted by atomic mass is 16.4. The van der Waals surface area contributed by atoms with Crippen molar-refractivity contribution >= 4 is 23.5 Å². The second-order valence-corrected chi connectivity index (χ2v) is 7.46. The minimum Gasteiger partial charge on any atom is -0.480 e. The van der Waals surface area contributed by atoms with E-state index in [1.165, 1.54) is 16.0 Å². The fourth-order valence-electron chi connectivity index (χ4n) is 3.68. The molecule has 3 rings (SSSR count). The average Bonchev–Trinajstić information content (AvgIpc) is 3.16. The number of nitrogens with one attached hydrogen (secondary N) is 2. The molecule has 0 saturated heterocycles. The molecule has 3 N–H and O–H groups in total. The molecule has 2 amide bonds. The lowest BCUT2D eigenvalue weighted by Crippen LogP contribution is -2.47. The lowest BCUT2D eigenvalue weighted by atomic mass is 10.1. The number of likely N-dealkylation sites (N-methyl/N-ethyl adjacent to an activating group) is 1. The molecule has 164 valence electrons. The topological polar surface area (TPSA) is 105 Å². The predicted octanol–water partition coefficient (Wildman–Crippen LogP) is 1.14. The molecule has 9 heteroatoms. The summed E-state index contributed by atoms with van der Waals surface area (Å²) in [6, 6.07) is 13.0. The molecule has 1 aliphatic heterocycles. The molecule has 9 nitrogen and oxygen atoms in total. The van der Waals surface area contributed by atoms with Gasteiger partial charge in [0.15, 0.2) is 0 Å². The van der Waals surface area contributed by atoms with E-state index in [9.17, 15) is 19.5 Å². The molecule has 1 aliphatic rings. The Bertz CT molecular complexity index is 969. The fourth-order valence-corrected chi connectivity index (χ4v) is 3.68. The van der Waals surface area contributed by atoms with Gasteiger partial charge in [-0.25, -0.2) is 10.4 Å². The van der Waals surface area contributed by atoms with E-state index < -0.39 is 5.97 Å². The molecule has 0 atom stereocenters. The minimum atomic E-state index is -1.04. The van der Waals surface area contributed by atoms with Gasteiger partial charge in [0.05, 0.1) is 6.54 Å². The fraction of sp³-hybridized carbons (Fsp3) is 0.318. The van der Waals surface area contributed by atoms with E-state index in [1.54, 1.807) is 44.2 Å². The van der Waals surface area contributed by atoms with Gasteiger partial charge in [-0.3, -0.25) is 24.8 Å². The van der Waals surface area contributed by atoms with Gasteiger partial charge in [-0.05, 0) is 41.8 Å². The number of hydrogen-bond acceptors (Lipinski definition) is 6. The van der Waals surface area contributed by atoms with Crippen LogP contribution in [0.15, 0.2) is 42.5 Å². The molecule has 2 aromatic rings. The molecule has 0 radical (unpaired) electrons. The standard InChI is InChI=1S/C22H27N5O4/c1-15-10-16(22(31)24-23-2)8-9-19(15)26(14-21(29)30)13-20(28)25(3)27-11-17-6-4-5-7-18(17)12-27/h4-10,23H,11-14H2,1-3H3,(H,24,31)(H,29,30). The van der Waals surface area contributed by atoms with Gasteiger partial charge in [-0.2, -0.15) is 0 Å². The lowest BCUT2D eigenvalue weighted by molar-refractivity contribution is -0.145. The maximum atomic E-state index is 13.0. The summed E-state index contributed by atoms with van der Waals surface area (Å²) >= 11 is 0. The molecule has 0 saturated carbocycles. The van der Waals surface area contributed by atoms with Crippen molar-refractivity contribution in [2.75, 3.05) is 32.1 Å². The van der Waals surface area contributed by atoms with Crippen LogP contribution in [0, 0.1) is 6.92 Å². The Hall–Kier alpha value is -3.43. The van der Waals surface area contributed by atoms with Crippen molar-refractivity contribution in [3.63, 3.8) is 0 Å². The van der Waals surface area contributed by atoms with Gasteiger partial charge in [0.25, 0.3) is 11.8 Å². The van der Waals surface area contributed by atoms with Crippen LogP contribution in [0.25, 0.3) is 0 Å². The number of carboxylic acid groups (broad SMARTS) is 1. The van der Waals surface area contributed by atoms with Crippen molar-refractivity contribution in [2.45, 2.75) is 20.0 Å². The molecule has 0 fully saturated rings. The van der Waals surface area contributed by atoms with E-state index in [0.717, 1.165) is 0 Å². The Morgan fingerprint density at radius 1 is 1.06 bits per heavy atom. The third kappa shape index (κ3) is 5.19. The normalized spacial score (nSPS) is 12.9. The Balaban J connectivity index is 1.75. The number of rotatable bonds is 8. The number of hydrazine groups is 2. The summed E-state index contributed by atoms with van der Waals surface area (Å²) in [5.41, 5.74) is 9.15. The number of anilines is 1. The number of benzene rings is 2. The molecule has 0 spiro atoms. The molecule has 0 aromatic heterocycles. The molecule has 0 bridgehead atoms. The third-order valence-corrected chi connectivity index (χ3v) is 5.30. The number of hydrogen-bond donors (Lipinski definition) is 3. The summed E-state index contributed by atoms with van der Waals surface area (Å²) in [4.78, 5) is 38.0. The van der Waals surface area contributed by atoms with Gasteiger partial charge in [-0.15, -0.1) is 0 Å². The molecular formula is C22H27N5O4. The summed E-state index contributed by atoms with van der Waals surface area (Å²) in [5.74, 6) is -1.56. The number of aliphatic carboxylic acids is 1. The van der Waals surface area contributed by atoms with Crippen LogP contribution in [0.5, 0.6) is 0 Å². The number of nitrogens with zero attached hydrogens (tertiary/aromatic N) is 3. The minimum absolute atomic E-state index is 0.0987. The van der Waals surface area contributed by atoms with Crippen LogP contribution in [-0.4, -0.2) is 60.1 Å². The Kier molecular flexibility index (Phi) is 6.88. The van der Waals surface area contributed by atoms with Gasteiger partial charge >= 0.3 is 5.97 Å². The second-order valence-electron chi connectivity index (χ2n) is 7.46. The quantitative estimate of drug-likeness (QED) is 0.545. The molecule has 1 heterocycles. The first-order valence-electron chi connectivity index (χ1n) is 9.92. The van der Waals surface area contributed by atoms with Gasteiger partial charge < -0.3 is 10.0 Å². The first-order valence-corrected chi connectivity index (χ1v) is 9.92. The third-order valence-electron chi connectivity index (χ3n) is 5.30. The van der Waals surface area contributed by atoms with E-state index in [2.05, 4.69) is 10.9 Å². The zero-order valence-electron chi connectivity index (χ0n) is 17.9. The maximum Gasteiger partial charge on any atom is 0.323 e. The molecule has 31 heavy (non-hydrogen) atoms. The number of carbonyl (C=O) groups is 3. The van der Waals surface area contributed by atoms with Crippen LogP contribution in [0.3, 0.4) is 0 Å². The second kappa shape index (κ2) is 9.59. The highest BCUT2D eigenvalue weighted by Gasteiger charge is 2.27. The highest BCUT2D eigenvalue weighted by Crippen LogP contribution is 2.25. The predicted molar refractivity (Wildman–Crippen MR) is 116 cm³/mol. The summed E-state index contributed by atoms with van der Waals surface area (Å²) in [6.45, 7) is 2.62. The van der Waals surface area contributed by atoms with Crippen molar-refractivity contribution in [1.29, 1.82) is 0 Å². The largest absolute Gasteiger partial charge is 0.480 e. The first kappa shape index (κ1) is 22.3. The van der Waals surface area contributed by atoms with Crippen molar-refractivity contribution in [1.82, 2.24) is 20.9 Å². The van der Waals surface area contributed by atoms with Crippen molar-refractivity contribution in [3.05, 3.63) is 64.7 Å². The van der Waals surface area contributed by atoms with E-state index >= 15 is 0 Å². The van der Waals surface area contributed by atoms with Gasteiger partial charge in [0, 0.05) is 38.4 Å². The number of amides is 2. The lowest BCUT2D eigenvalue weighted by Gasteiger charge is -2.31. The number of aryl methyl sites for hydroxylation is 1.